The second-order valence-electron chi connectivity index (χ2n) is 13.2. The van der Waals surface area contributed by atoms with Crippen molar-refractivity contribution in [2.75, 3.05) is 19.4 Å². The molecular formula is C39H40Cl2N4O7S. The van der Waals surface area contributed by atoms with E-state index >= 15 is 0 Å². The number of benzene rings is 3. The van der Waals surface area contributed by atoms with Crippen molar-refractivity contribution in [3.63, 3.8) is 0 Å². The first-order valence-electron chi connectivity index (χ1n) is 17.4. The van der Waals surface area contributed by atoms with Gasteiger partial charge in [0.25, 0.3) is 5.91 Å². The Morgan fingerprint density at radius 2 is 1.68 bits per heavy atom. The van der Waals surface area contributed by atoms with Crippen LogP contribution in [0.2, 0.25) is 10.0 Å². The SMILES string of the molecule is CS(=O)(=O)N[C@H]1CCCC[C@@H]1N1C(=O)c2ccccc2[C@@H](C(=O)NCCc2cccc(OCC(=O)OCc3ccccc3)n2)[C@@H]1c1ccc(Cl)cc1Cl. The highest BCUT2D eigenvalue weighted by molar-refractivity contribution is 7.88. The van der Waals surface area contributed by atoms with Crippen molar-refractivity contribution >= 4 is 51.0 Å². The first-order valence-corrected chi connectivity index (χ1v) is 20.0. The van der Waals surface area contributed by atoms with Crippen molar-refractivity contribution in [2.45, 2.75) is 62.8 Å². The fourth-order valence-electron chi connectivity index (χ4n) is 7.14. The molecule has 2 amide bonds. The van der Waals surface area contributed by atoms with E-state index in [-0.39, 0.29) is 42.5 Å². The molecule has 0 saturated heterocycles. The van der Waals surface area contributed by atoms with Crippen molar-refractivity contribution in [3.8, 4) is 5.88 Å². The van der Waals surface area contributed by atoms with Crippen LogP contribution in [0.1, 0.15) is 70.4 Å². The van der Waals surface area contributed by atoms with Crippen LogP contribution in [-0.2, 0) is 37.4 Å². The molecule has 1 aliphatic heterocycles. The summed E-state index contributed by atoms with van der Waals surface area (Å²) in [5.74, 6) is -1.84. The molecule has 1 aromatic heterocycles. The minimum Gasteiger partial charge on any atom is -0.466 e. The second-order valence-corrected chi connectivity index (χ2v) is 15.8. The molecule has 3 aromatic carbocycles. The van der Waals surface area contributed by atoms with E-state index in [4.69, 9.17) is 32.7 Å². The molecule has 1 aliphatic carbocycles. The number of ether oxygens (including phenoxy) is 2. The molecule has 4 aromatic rings. The number of aromatic nitrogens is 1. The van der Waals surface area contributed by atoms with Crippen LogP contribution in [0.15, 0.2) is 91.0 Å². The fraction of sp³-hybridized carbons (Fsp3) is 0.333. The standard InChI is InChI=1S/C39H40Cl2N4O7S/c1-53(49,50)44-32-15-7-8-16-33(32)45-37(30-19-18-26(40)22-31(30)41)36(28-13-5-6-14-29(28)39(45)48)38(47)42-21-20-27-12-9-17-34(43-27)51-24-35(46)52-23-25-10-3-2-4-11-25/h2-6,9-14,17-19,22,32-33,36-37,44H,7-8,15-16,20-21,23-24H2,1H3,(H,42,47)/t32-,33-,36+,37-/m0/s1. The first kappa shape index (κ1) is 38.2. The Balaban J connectivity index is 1.22. The van der Waals surface area contributed by atoms with Gasteiger partial charge in [0, 0.05) is 52.4 Å². The maximum absolute atomic E-state index is 14.5. The summed E-state index contributed by atoms with van der Waals surface area (Å²) in [5.41, 5.74) is 2.92. The van der Waals surface area contributed by atoms with Crippen LogP contribution >= 0.6 is 23.2 Å². The molecule has 53 heavy (non-hydrogen) atoms. The molecule has 0 bridgehead atoms. The second kappa shape index (κ2) is 17.1. The average molecular weight is 780 g/mol. The van der Waals surface area contributed by atoms with Crippen LogP contribution in [0.5, 0.6) is 5.88 Å². The molecule has 2 aliphatic rings. The van der Waals surface area contributed by atoms with Crippen LogP contribution in [0.4, 0.5) is 0 Å². The number of carbonyl (C=O) groups excluding carboxylic acids is 3. The highest BCUT2D eigenvalue weighted by atomic mass is 35.5. The monoisotopic (exact) mass is 778 g/mol. The van der Waals surface area contributed by atoms with E-state index in [1.54, 1.807) is 65.6 Å². The first-order chi connectivity index (χ1) is 25.5. The molecule has 1 saturated carbocycles. The van der Waals surface area contributed by atoms with Crippen molar-refractivity contribution in [3.05, 3.63) is 129 Å². The molecule has 2 N–H and O–H groups in total. The number of hydrogen-bond donors (Lipinski definition) is 2. The van der Waals surface area contributed by atoms with Gasteiger partial charge in [0.15, 0.2) is 6.61 Å². The Hall–Kier alpha value is -4.49. The zero-order chi connectivity index (χ0) is 37.5. The number of esters is 1. The molecule has 2 heterocycles. The van der Waals surface area contributed by atoms with E-state index in [1.165, 1.54) is 0 Å². The van der Waals surface area contributed by atoms with Crippen molar-refractivity contribution in [1.29, 1.82) is 0 Å². The lowest BCUT2D eigenvalue weighted by atomic mass is 9.76. The predicted molar refractivity (Wildman–Crippen MR) is 201 cm³/mol. The molecule has 0 radical (unpaired) electrons. The summed E-state index contributed by atoms with van der Waals surface area (Å²) in [4.78, 5) is 47.3. The van der Waals surface area contributed by atoms with Crippen LogP contribution in [-0.4, -0.2) is 67.6 Å². The van der Waals surface area contributed by atoms with Gasteiger partial charge in [-0.15, -0.1) is 0 Å². The van der Waals surface area contributed by atoms with Crippen molar-refractivity contribution in [2.24, 2.45) is 0 Å². The number of nitrogens with one attached hydrogen (secondary N) is 2. The number of sulfonamides is 1. The molecule has 11 nitrogen and oxygen atoms in total. The van der Waals surface area contributed by atoms with Crippen molar-refractivity contribution in [1.82, 2.24) is 19.9 Å². The van der Waals surface area contributed by atoms with Gasteiger partial charge in [0.2, 0.25) is 21.8 Å². The number of pyridine rings is 1. The number of fused-ring (bicyclic) bond motifs is 1. The lowest BCUT2D eigenvalue weighted by Crippen LogP contribution is -2.59. The number of hydrogen-bond acceptors (Lipinski definition) is 8. The molecule has 4 atom stereocenters. The summed E-state index contributed by atoms with van der Waals surface area (Å²) >= 11 is 13.1. The summed E-state index contributed by atoms with van der Waals surface area (Å²) in [6, 6.07) is 24.5. The van der Waals surface area contributed by atoms with Gasteiger partial charge >= 0.3 is 5.97 Å². The predicted octanol–water partition coefficient (Wildman–Crippen LogP) is 6.01. The van der Waals surface area contributed by atoms with E-state index in [2.05, 4.69) is 15.0 Å². The van der Waals surface area contributed by atoms with Crippen LogP contribution in [0.3, 0.4) is 0 Å². The quantitative estimate of drug-likeness (QED) is 0.157. The normalized spacial score (nSPS) is 20.0. The summed E-state index contributed by atoms with van der Waals surface area (Å²) < 4.78 is 38.6. The molecular weight excluding hydrogens is 739 g/mol. The number of nitrogens with zero attached hydrogens (tertiary/aromatic N) is 2. The fourth-order valence-corrected chi connectivity index (χ4v) is 8.49. The van der Waals surface area contributed by atoms with E-state index in [0.29, 0.717) is 46.7 Å². The van der Waals surface area contributed by atoms with Gasteiger partial charge in [-0.05, 0) is 53.8 Å². The molecule has 1 fully saturated rings. The highest BCUT2D eigenvalue weighted by Crippen LogP contribution is 2.47. The molecule has 14 heteroatoms. The third-order valence-corrected chi connectivity index (χ3v) is 10.7. The highest BCUT2D eigenvalue weighted by Gasteiger charge is 2.49. The van der Waals surface area contributed by atoms with Gasteiger partial charge < -0.3 is 19.7 Å². The van der Waals surface area contributed by atoms with Crippen LogP contribution in [0.25, 0.3) is 0 Å². The minimum atomic E-state index is -3.61. The molecule has 6 rings (SSSR count). The summed E-state index contributed by atoms with van der Waals surface area (Å²) in [6.45, 7) is 0.0216. The number of halogens is 2. The van der Waals surface area contributed by atoms with Gasteiger partial charge in [-0.1, -0.05) is 96.7 Å². The zero-order valence-corrected chi connectivity index (χ0v) is 31.4. The van der Waals surface area contributed by atoms with Crippen LogP contribution in [0, 0.1) is 0 Å². The maximum Gasteiger partial charge on any atom is 0.344 e. The topological polar surface area (TPSA) is 144 Å². The lowest BCUT2D eigenvalue weighted by Gasteiger charge is -2.49. The van der Waals surface area contributed by atoms with Gasteiger partial charge in [0.1, 0.15) is 6.61 Å². The smallest absolute Gasteiger partial charge is 0.344 e. The summed E-state index contributed by atoms with van der Waals surface area (Å²) in [5, 5.41) is 3.73. The Morgan fingerprint density at radius 1 is 0.925 bits per heavy atom. The van der Waals surface area contributed by atoms with Crippen molar-refractivity contribution < 1.29 is 32.3 Å². The van der Waals surface area contributed by atoms with E-state index in [9.17, 15) is 22.8 Å². The summed E-state index contributed by atoms with van der Waals surface area (Å²) in [7, 11) is -3.61. The Bertz CT molecular complexity index is 2070. The largest absolute Gasteiger partial charge is 0.466 e. The summed E-state index contributed by atoms with van der Waals surface area (Å²) in [6.07, 6.45) is 4.08. The number of carbonyl (C=O) groups is 3. The Labute approximate surface area is 319 Å². The van der Waals surface area contributed by atoms with Gasteiger partial charge in [0.05, 0.1) is 18.2 Å². The third kappa shape index (κ3) is 9.55. The number of rotatable bonds is 13. The van der Waals surface area contributed by atoms with Gasteiger partial charge in [-0.2, -0.15) is 0 Å². The Kier molecular flexibility index (Phi) is 12.3. The van der Waals surface area contributed by atoms with E-state index < -0.39 is 40.0 Å². The van der Waals surface area contributed by atoms with E-state index in [1.807, 2.05) is 30.3 Å². The lowest BCUT2D eigenvalue weighted by molar-refractivity contribution is -0.147. The molecule has 0 unspecified atom stereocenters. The average Bonchev–Trinajstić information content (AvgIpc) is 3.13. The van der Waals surface area contributed by atoms with Gasteiger partial charge in [-0.3, -0.25) is 9.59 Å². The zero-order valence-electron chi connectivity index (χ0n) is 29.0. The maximum atomic E-state index is 14.5. The Morgan fingerprint density at radius 3 is 2.45 bits per heavy atom. The third-order valence-electron chi connectivity index (χ3n) is 9.43. The minimum absolute atomic E-state index is 0.136. The number of amides is 2. The molecule has 278 valence electrons. The van der Waals surface area contributed by atoms with Crippen LogP contribution < -0.4 is 14.8 Å². The van der Waals surface area contributed by atoms with E-state index in [0.717, 1.165) is 24.7 Å². The van der Waals surface area contributed by atoms with Gasteiger partial charge in [-0.25, -0.2) is 22.9 Å². The molecule has 0 spiro atoms.